The van der Waals surface area contributed by atoms with Crippen molar-refractivity contribution in [2.45, 2.75) is 20.3 Å². The van der Waals surface area contributed by atoms with Crippen molar-refractivity contribution in [3.8, 4) is 0 Å². The largest absolute Gasteiger partial charge is 0.423 e. The van der Waals surface area contributed by atoms with E-state index in [1.54, 1.807) is 6.07 Å². The van der Waals surface area contributed by atoms with Gasteiger partial charge in [-0.15, -0.1) is 0 Å². The molecule has 4 nitrogen and oxygen atoms in total. The van der Waals surface area contributed by atoms with Crippen molar-refractivity contribution in [2.24, 2.45) is 0 Å². The van der Waals surface area contributed by atoms with Crippen molar-refractivity contribution >= 4 is 39.7 Å². The maximum atomic E-state index is 11.5. The van der Waals surface area contributed by atoms with E-state index in [0.29, 0.717) is 10.7 Å². The van der Waals surface area contributed by atoms with Crippen molar-refractivity contribution < 1.29 is 4.42 Å². The van der Waals surface area contributed by atoms with Crippen LogP contribution in [0.25, 0.3) is 11.0 Å². The standard InChI is InChI=1S/C19H18N2O2S/c1-3-13-4-6-14(7-5-13)20-19(24)21-15-8-9-16-12(2)10-18(22)23-17(16)11-15/h4-11H,3H2,1-2H3,(H2,20,21,24). The lowest BCUT2D eigenvalue weighted by atomic mass is 10.1. The zero-order valence-electron chi connectivity index (χ0n) is 13.6. The molecule has 122 valence electrons. The van der Waals surface area contributed by atoms with Crippen LogP contribution in [0.15, 0.2) is 57.7 Å². The van der Waals surface area contributed by atoms with E-state index < -0.39 is 0 Å². The summed E-state index contributed by atoms with van der Waals surface area (Å²) in [5.41, 5.74) is 4.05. The Morgan fingerprint density at radius 1 is 1.04 bits per heavy atom. The fourth-order valence-electron chi connectivity index (χ4n) is 2.52. The van der Waals surface area contributed by atoms with Crippen LogP contribution < -0.4 is 16.3 Å². The predicted octanol–water partition coefficient (Wildman–Crippen LogP) is 4.47. The minimum absolute atomic E-state index is 0.353. The van der Waals surface area contributed by atoms with E-state index in [0.717, 1.165) is 28.7 Å². The van der Waals surface area contributed by atoms with Crippen LogP contribution in [0.5, 0.6) is 0 Å². The first-order valence-corrected chi connectivity index (χ1v) is 8.17. The Labute approximate surface area is 145 Å². The van der Waals surface area contributed by atoms with Gasteiger partial charge in [-0.1, -0.05) is 19.1 Å². The van der Waals surface area contributed by atoms with Gasteiger partial charge in [-0.2, -0.15) is 0 Å². The lowest BCUT2D eigenvalue weighted by Gasteiger charge is -2.11. The average Bonchev–Trinajstić information content (AvgIpc) is 2.55. The molecule has 1 aromatic heterocycles. The Morgan fingerprint density at radius 3 is 2.42 bits per heavy atom. The Morgan fingerprint density at radius 2 is 1.71 bits per heavy atom. The van der Waals surface area contributed by atoms with Gasteiger partial charge in [-0.25, -0.2) is 4.79 Å². The first-order chi connectivity index (χ1) is 11.5. The molecule has 0 atom stereocenters. The molecule has 0 unspecified atom stereocenters. The number of thiocarbonyl (C=S) groups is 1. The summed E-state index contributed by atoms with van der Waals surface area (Å²) in [5.74, 6) is 0. The van der Waals surface area contributed by atoms with Gasteiger partial charge in [0, 0.05) is 28.9 Å². The van der Waals surface area contributed by atoms with Gasteiger partial charge in [-0.05, 0) is 61.0 Å². The van der Waals surface area contributed by atoms with Crippen molar-refractivity contribution in [2.75, 3.05) is 10.6 Å². The highest BCUT2D eigenvalue weighted by Crippen LogP contribution is 2.21. The lowest BCUT2D eigenvalue weighted by molar-refractivity contribution is 0.560. The SMILES string of the molecule is CCc1ccc(NC(=S)Nc2ccc3c(C)cc(=O)oc3c2)cc1. The first kappa shape index (κ1) is 16.2. The highest BCUT2D eigenvalue weighted by molar-refractivity contribution is 7.80. The minimum atomic E-state index is -0.353. The summed E-state index contributed by atoms with van der Waals surface area (Å²) < 4.78 is 5.25. The molecular weight excluding hydrogens is 320 g/mol. The molecule has 2 N–H and O–H groups in total. The van der Waals surface area contributed by atoms with Gasteiger partial charge in [0.25, 0.3) is 0 Å². The molecule has 0 amide bonds. The minimum Gasteiger partial charge on any atom is -0.423 e. The number of hydrogen-bond donors (Lipinski definition) is 2. The van der Waals surface area contributed by atoms with Gasteiger partial charge in [0.1, 0.15) is 5.58 Å². The Kier molecular flexibility index (Phi) is 4.62. The molecule has 3 aromatic rings. The third-order valence-corrected chi connectivity index (χ3v) is 4.03. The van der Waals surface area contributed by atoms with Crippen LogP contribution in [0.1, 0.15) is 18.1 Å². The topological polar surface area (TPSA) is 54.3 Å². The summed E-state index contributed by atoms with van der Waals surface area (Å²) in [5, 5.41) is 7.64. The normalized spacial score (nSPS) is 10.6. The van der Waals surface area contributed by atoms with Gasteiger partial charge >= 0.3 is 5.63 Å². The highest BCUT2D eigenvalue weighted by atomic mass is 32.1. The molecule has 1 heterocycles. The molecule has 0 bridgehead atoms. The summed E-state index contributed by atoms with van der Waals surface area (Å²) in [6, 6.07) is 15.2. The summed E-state index contributed by atoms with van der Waals surface area (Å²) in [4.78, 5) is 11.5. The monoisotopic (exact) mass is 338 g/mol. The summed E-state index contributed by atoms with van der Waals surface area (Å²) in [7, 11) is 0. The Bertz CT molecular complexity index is 946. The molecule has 2 aromatic carbocycles. The zero-order valence-corrected chi connectivity index (χ0v) is 14.4. The zero-order chi connectivity index (χ0) is 17.1. The Hall–Kier alpha value is -2.66. The number of fused-ring (bicyclic) bond motifs is 1. The van der Waals surface area contributed by atoms with E-state index in [2.05, 4.69) is 29.7 Å². The number of benzene rings is 2. The number of nitrogens with one attached hydrogen (secondary N) is 2. The predicted molar refractivity (Wildman–Crippen MR) is 103 cm³/mol. The van der Waals surface area contributed by atoms with E-state index in [1.165, 1.54) is 11.6 Å². The first-order valence-electron chi connectivity index (χ1n) is 7.76. The number of hydrogen-bond acceptors (Lipinski definition) is 3. The van der Waals surface area contributed by atoms with Gasteiger partial charge in [-0.3, -0.25) is 0 Å². The fraction of sp³-hybridized carbons (Fsp3) is 0.158. The molecule has 0 aliphatic heterocycles. The molecule has 24 heavy (non-hydrogen) atoms. The van der Waals surface area contributed by atoms with Crippen LogP contribution in [0, 0.1) is 6.92 Å². The maximum absolute atomic E-state index is 11.5. The summed E-state index contributed by atoms with van der Waals surface area (Å²) >= 11 is 5.34. The van der Waals surface area contributed by atoms with Gasteiger partial charge in [0.05, 0.1) is 0 Å². The smallest absolute Gasteiger partial charge is 0.336 e. The van der Waals surface area contributed by atoms with Crippen LogP contribution in [0.2, 0.25) is 0 Å². The third kappa shape index (κ3) is 3.63. The van der Waals surface area contributed by atoms with E-state index >= 15 is 0 Å². The van der Waals surface area contributed by atoms with Crippen molar-refractivity contribution in [3.05, 3.63) is 70.1 Å². The second-order valence-corrected chi connectivity index (χ2v) is 6.00. The van der Waals surface area contributed by atoms with Crippen LogP contribution in [0.3, 0.4) is 0 Å². The molecule has 0 radical (unpaired) electrons. The maximum Gasteiger partial charge on any atom is 0.336 e. The van der Waals surface area contributed by atoms with E-state index in [4.69, 9.17) is 16.6 Å². The Balaban J connectivity index is 1.76. The van der Waals surface area contributed by atoms with E-state index in [1.807, 2.05) is 31.2 Å². The highest BCUT2D eigenvalue weighted by Gasteiger charge is 2.05. The van der Waals surface area contributed by atoms with Crippen LogP contribution in [-0.4, -0.2) is 5.11 Å². The van der Waals surface area contributed by atoms with Gasteiger partial charge < -0.3 is 15.1 Å². The van der Waals surface area contributed by atoms with E-state index in [9.17, 15) is 4.79 Å². The molecule has 5 heteroatoms. The molecule has 0 saturated carbocycles. The molecule has 0 fully saturated rings. The summed E-state index contributed by atoms with van der Waals surface area (Å²) in [6.45, 7) is 4.01. The van der Waals surface area contributed by atoms with Crippen molar-refractivity contribution in [1.29, 1.82) is 0 Å². The molecule has 0 spiro atoms. The second-order valence-electron chi connectivity index (χ2n) is 5.59. The molecule has 0 aliphatic rings. The fourth-order valence-corrected chi connectivity index (χ4v) is 2.76. The average molecular weight is 338 g/mol. The second kappa shape index (κ2) is 6.84. The van der Waals surface area contributed by atoms with Crippen molar-refractivity contribution in [3.63, 3.8) is 0 Å². The quantitative estimate of drug-likeness (QED) is 0.545. The molecule has 3 rings (SSSR count). The lowest BCUT2D eigenvalue weighted by Crippen LogP contribution is -2.19. The third-order valence-electron chi connectivity index (χ3n) is 3.83. The molecule has 0 aliphatic carbocycles. The number of aryl methyl sites for hydroxylation is 2. The molecule has 0 saturated heterocycles. The van der Waals surface area contributed by atoms with Gasteiger partial charge in [0.2, 0.25) is 0 Å². The summed E-state index contributed by atoms with van der Waals surface area (Å²) in [6.07, 6.45) is 1.00. The van der Waals surface area contributed by atoms with E-state index in [-0.39, 0.29) is 5.63 Å². The number of rotatable bonds is 3. The molecular formula is C19H18N2O2S. The van der Waals surface area contributed by atoms with Crippen LogP contribution >= 0.6 is 12.2 Å². The van der Waals surface area contributed by atoms with Gasteiger partial charge in [0.15, 0.2) is 5.11 Å². The van der Waals surface area contributed by atoms with Crippen LogP contribution in [0.4, 0.5) is 11.4 Å². The number of anilines is 2. The van der Waals surface area contributed by atoms with Crippen molar-refractivity contribution in [1.82, 2.24) is 0 Å². The van der Waals surface area contributed by atoms with Crippen LogP contribution in [-0.2, 0) is 6.42 Å².